The summed E-state index contributed by atoms with van der Waals surface area (Å²) < 4.78 is 5.07. The summed E-state index contributed by atoms with van der Waals surface area (Å²) in [6.45, 7) is 4.00. The first-order valence-electron chi connectivity index (χ1n) is 5.64. The van der Waals surface area contributed by atoms with Crippen LogP contribution in [0.5, 0.6) is 5.75 Å². The van der Waals surface area contributed by atoms with Crippen LogP contribution in [-0.4, -0.2) is 24.2 Å². The Balaban J connectivity index is 2.83. The molecule has 1 aromatic rings. The van der Waals surface area contributed by atoms with Gasteiger partial charge in [-0.1, -0.05) is 26.0 Å². The highest BCUT2D eigenvalue weighted by Crippen LogP contribution is 2.20. The third kappa shape index (κ3) is 4.44. The second kappa shape index (κ2) is 6.25. The first-order chi connectivity index (χ1) is 8.02. The van der Waals surface area contributed by atoms with Gasteiger partial charge in [0.2, 0.25) is 0 Å². The van der Waals surface area contributed by atoms with E-state index in [2.05, 4.69) is 5.32 Å². The molecule has 1 atom stereocenters. The van der Waals surface area contributed by atoms with E-state index < -0.39 is 5.97 Å². The lowest BCUT2D eigenvalue weighted by atomic mass is 10.0. The van der Waals surface area contributed by atoms with E-state index >= 15 is 0 Å². The lowest BCUT2D eigenvalue weighted by molar-refractivity contribution is -0.137. The third-order valence-corrected chi connectivity index (χ3v) is 2.43. The Morgan fingerprint density at radius 1 is 1.35 bits per heavy atom. The van der Waals surface area contributed by atoms with Gasteiger partial charge in [0.25, 0.3) is 0 Å². The van der Waals surface area contributed by atoms with Crippen LogP contribution in [0, 0.1) is 0 Å². The zero-order chi connectivity index (χ0) is 12.8. The Morgan fingerprint density at radius 3 is 2.35 bits per heavy atom. The molecule has 0 bridgehead atoms. The molecule has 1 aromatic carbocycles. The number of rotatable bonds is 6. The first-order valence-corrected chi connectivity index (χ1v) is 5.64. The van der Waals surface area contributed by atoms with Gasteiger partial charge < -0.3 is 15.2 Å². The largest absolute Gasteiger partial charge is 0.497 e. The van der Waals surface area contributed by atoms with Crippen LogP contribution in [0.15, 0.2) is 24.3 Å². The van der Waals surface area contributed by atoms with E-state index in [1.54, 1.807) is 7.11 Å². The summed E-state index contributed by atoms with van der Waals surface area (Å²) in [6.07, 6.45) is 0.0739. The van der Waals surface area contributed by atoms with Crippen molar-refractivity contribution in [3.05, 3.63) is 29.8 Å². The van der Waals surface area contributed by atoms with Crippen molar-refractivity contribution in [1.82, 2.24) is 5.32 Å². The van der Waals surface area contributed by atoms with Crippen LogP contribution in [0.3, 0.4) is 0 Å². The van der Waals surface area contributed by atoms with E-state index in [1.807, 2.05) is 38.1 Å². The maximum atomic E-state index is 10.8. The van der Waals surface area contributed by atoms with Gasteiger partial charge in [-0.3, -0.25) is 4.79 Å². The smallest absolute Gasteiger partial charge is 0.305 e. The molecule has 94 valence electrons. The number of carbonyl (C=O) groups is 1. The summed E-state index contributed by atoms with van der Waals surface area (Å²) in [6, 6.07) is 7.53. The predicted octanol–water partition coefficient (Wildman–Crippen LogP) is 2.21. The number of benzene rings is 1. The van der Waals surface area contributed by atoms with Gasteiger partial charge in [0.05, 0.1) is 13.5 Å². The molecule has 0 amide bonds. The average Bonchev–Trinajstić information content (AvgIpc) is 2.27. The van der Waals surface area contributed by atoms with E-state index in [0.29, 0.717) is 0 Å². The van der Waals surface area contributed by atoms with Gasteiger partial charge in [-0.05, 0) is 17.7 Å². The zero-order valence-electron chi connectivity index (χ0n) is 10.4. The Hall–Kier alpha value is -1.55. The summed E-state index contributed by atoms with van der Waals surface area (Å²) >= 11 is 0. The molecule has 0 aliphatic carbocycles. The van der Waals surface area contributed by atoms with Crippen LogP contribution in [0.25, 0.3) is 0 Å². The highest BCUT2D eigenvalue weighted by molar-refractivity contribution is 5.68. The van der Waals surface area contributed by atoms with E-state index in [0.717, 1.165) is 11.3 Å². The lowest BCUT2D eigenvalue weighted by Gasteiger charge is -2.20. The van der Waals surface area contributed by atoms with E-state index in [1.165, 1.54) is 0 Å². The molecule has 4 heteroatoms. The van der Waals surface area contributed by atoms with E-state index in [9.17, 15) is 4.79 Å². The second-order valence-corrected chi connectivity index (χ2v) is 4.24. The van der Waals surface area contributed by atoms with Gasteiger partial charge in [-0.2, -0.15) is 0 Å². The fraction of sp³-hybridized carbons (Fsp3) is 0.462. The monoisotopic (exact) mass is 237 g/mol. The summed E-state index contributed by atoms with van der Waals surface area (Å²) in [7, 11) is 1.61. The van der Waals surface area contributed by atoms with Gasteiger partial charge in [0.1, 0.15) is 5.75 Å². The zero-order valence-corrected chi connectivity index (χ0v) is 10.4. The minimum absolute atomic E-state index is 0.0739. The van der Waals surface area contributed by atoms with Gasteiger partial charge >= 0.3 is 5.97 Å². The Kier molecular flexibility index (Phi) is 4.97. The summed E-state index contributed by atoms with van der Waals surface area (Å²) in [5.41, 5.74) is 0.960. The molecule has 0 saturated heterocycles. The SMILES string of the molecule is COc1ccc(C(CC(=O)O)NC(C)C)cc1. The summed E-state index contributed by atoms with van der Waals surface area (Å²) in [4.78, 5) is 10.8. The number of nitrogens with one attached hydrogen (secondary N) is 1. The summed E-state index contributed by atoms with van der Waals surface area (Å²) in [5.74, 6) is -0.0358. The van der Waals surface area contributed by atoms with Gasteiger partial charge in [0.15, 0.2) is 0 Å². The van der Waals surface area contributed by atoms with Gasteiger partial charge in [-0.15, -0.1) is 0 Å². The lowest BCUT2D eigenvalue weighted by Crippen LogP contribution is -2.29. The van der Waals surface area contributed by atoms with Crippen molar-refractivity contribution in [3.63, 3.8) is 0 Å². The standard InChI is InChI=1S/C13H19NO3/c1-9(2)14-12(8-13(15)16)10-4-6-11(17-3)7-5-10/h4-7,9,12,14H,8H2,1-3H3,(H,15,16). The molecule has 1 unspecified atom stereocenters. The van der Waals surface area contributed by atoms with Gasteiger partial charge in [-0.25, -0.2) is 0 Å². The first kappa shape index (κ1) is 13.5. The topological polar surface area (TPSA) is 58.6 Å². The van der Waals surface area contributed by atoms with Crippen LogP contribution in [0.1, 0.15) is 31.9 Å². The predicted molar refractivity (Wildman–Crippen MR) is 66.3 cm³/mol. The van der Waals surface area contributed by atoms with E-state index in [4.69, 9.17) is 9.84 Å². The molecular formula is C13H19NO3. The Morgan fingerprint density at radius 2 is 1.94 bits per heavy atom. The maximum Gasteiger partial charge on any atom is 0.305 e. The molecule has 0 aliphatic heterocycles. The molecule has 0 radical (unpaired) electrons. The number of methoxy groups -OCH3 is 1. The van der Waals surface area contributed by atoms with Crippen molar-refractivity contribution in [2.45, 2.75) is 32.4 Å². The molecule has 4 nitrogen and oxygen atoms in total. The molecule has 0 saturated carbocycles. The Bertz CT molecular complexity index is 359. The molecule has 1 rings (SSSR count). The van der Waals surface area contributed by atoms with Crippen LogP contribution < -0.4 is 10.1 Å². The molecule has 17 heavy (non-hydrogen) atoms. The van der Waals surface area contributed by atoms with Crippen molar-refractivity contribution in [1.29, 1.82) is 0 Å². The number of carboxylic acid groups (broad SMARTS) is 1. The molecule has 0 aliphatic rings. The molecule has 0 aromatic heterocycles. The number of carboxylic acids is 1. The number of hydrogen-bond donors (Lipinski definition) is 2. The fourth-order valence-corrected chi connectivity index (χ4v) is 1.69. The quantitative estimate of drug-likeness (QED) is 0.796. The van der Waals surface area contributed by atoms with Crippen molar-refractivity contribution in [2.75, 3.05) is 7.11 Å². The van der Waals surface area contributed by atoms with E-state index in [-0.39, 0.29) is 18.5 Å². The van der Waals surface area contributed by atoms with Crippen molar-refractivity contribution in [2.24, 2.45) is 0 Å². The van der Waals surface area contributed by atoms with Crippen LogP contribution >= 0.6 is 0 Å². The molecule has 0 spiro atoms. The van der Waals surface area contributed by atoms with Crippen molar-refractivity contribution < 1.29 is 14.6 Å². The number of ether oxygens (including phenoxy) is 1. The average molecular weight is 237 g/mol. The van der Waals surface area contributed by atoms with Crippen molar-refractivity contribution in [3.8, 4) is 5.75 Å². The van der Waals surface area contributed by atoms with Crippen LogP contribution in [0.2, 0.25) is 0 Å². The molecule has 0 heterocycles. The maximum absolute atomic E-state index is 10.8. The van der Waals surface area contributed by atoms with Crippen molar-refractivity contribution >= 4 is 5.97 Å². The minimum Gasteiger partial charge on any atom is -0.497 e. The number of hydrogen-bond acceptors (Lipinski definition) is 3. The van der Waals surface area contributed by atoms with Crippen LogP contribution in [-0.2, 0) is 4.79 Å². The number of aliphatic carboxylic acids is 1. The molecular weight excluding hydrogens is 218 g/mol. The molecule has 0 fully saturated rings. The third-order valence-electron chi connectivity index (χ3n) is 2.43. The second-order valence-electron chi connectivity index (χ2n) is 4.24. The fourth-order valence-electron chi connectivity index (χ4n) is 1.69. The van der Waals surface area contributed by atoms with Gasteiger partial charge in [0, 0.05) is 12.1 Å². The normalized spacial score (nSPS) is 12.5. The molecule has 2 N–H and O–H groups in total. The highest BCUT2D eigenvalue weighted by Gasteiger charge is 2.16. The Labute approximate surface area is 102 Å². The minimum atomic E-state index is -0.807. The van der Waals surface area contributed by atoms with Crippen LogP contribution in [0.4, 0.5) is 0 Å². The summed E-state index contributed by atoms with van der Waals surface area (Å²) in [5, 5.41) is 12.1. The highest BCUT2D eigenvalue weighted by atomic mass is 16.5.